The van der Waals surface area contributed by atoms with Gasteiger partial charge in [0.05, 0.1) is 0 Å². The van der Waals surface area contributed by atoms with E-state index in [0.717, 1.165) is 5.92 Å². The molecule has 2 saturated carbocycles. The Morgan fingerprint density at radius 2 is 1.93 bits per heavy atom. The summed E-state index contributed by atoms with van der Waals surface area (Å²) in [6, 6.07) is 0. The Kier molecular flexibility index (Phi) is 1.67. The van der Waals surface area contributed by atoms with Crippen LogP contribution in [0.1, 0.15) is 59.8 Å². The number of hydrogen-bond donors (Lipinski definition) is 0. The third kappa shape index (κ3) is 0.797. The first-order valence-electron chi connectivity index (χ1n) is 6.66. The van der Waals surface area contributed by atoms with E-state index in [4.69, 9.17) is 0 Å². The molecule has 2 fully saturated rings. The fourth-order valence-electron chi connectivity index (χ4n) is 5.86. The molecule has 0 aromatic heterocycles. The Labute approximate surface area is 94.1 Å². The molecule has 0 heteroatoms. The molecule has 3 rings (SSSR count). The van der Waals surface area contributed by atoms with Crippen molar-refractivity contribution < 1.29 is 0 Å². The minimum Gasteiger partial charge on any atom is -0.0785 e. The lowest BCUT2D eigenvalue weighted by Gasteiger charge is -2.48. The number of allylic oxidation sites excluding steroid dienone is 2. The SMILES string of the molecule is CC1=C[C@@]2(C)CCC[C@]23[C@@H](C)CC[C@]13C. The topological polar surface area (TPSA) is 0 Å². The normalized spacial score (nSPS) is 57.9. The highest BCUT2D eigenvalue weighted by Crippen LogP contribution is 2.77. The van der Waals surface area contributed by atoms with Gasteiger partial charge in [-0.25, -0.2) is 0 Å². The second kappa shape index (κ2) is 2.52. The predicted molar refractivity (Wildman–Crippen MR) is 64.7 cm³/mol. The lowest BCUT2D eigenvalue weighted by atomic mass is 9.55. The molecular formula is C15H24. The first-order chi connectivity index (χ1) is 6.96. The molecule has 0 nitrogen and oxygen atoms in total. The third-order valence-corrected chi connectivity index (χ3v) is 6.60. The lowest BCUT2D eigenvalue weighted by Crippen LogP contribution is -2.42. The molecule has 0 unspecified atom stereocenters. The van der Waals surface area contributed by atoms with Crippen LogP contribution < -0.4 is 0 Å². The zero-order valence-electron chi connectivity index (χ0n) is 10.7. The molecule has 0 aromatic rings. The molecule has 0 radical (unpaired) electrons. The van der Waals surface area contributed by atoms with E-state index in [1.165, 1.54) is 32.1 Å². The summed E-state index contributed by atoms with van der Waals surface area (Å²) < 4.78 is 0. The Morgan fingerprint density at radius 1 is 1.20 bits per heavy atom. The van der Waals surface area contributed by atoms with Gasteiger partial charge in [-0.3, -0.25) is 0 Å². The number of rotatable bonds is 0. The molecule has 4 atom stereocenters. The van der Waals surface area contributed by atoms with Crippen LogP contribution in [0.25, 0.3) is 0 Å². The van der Waals surface area contributed by atoms with Gasteiger partial charge in [-0.1, -0.05) is 38.8 Å². The average Bonchev–Trinajstić information content (AvgIpc) is 2.67. The van der Waals surface area contributed by atoms with Crippen LogP contribution in [0.3, 0.4) is 0 Å². The van der Waals surface area contributed by atoms with Gasteiger partial charge in [-0.2, -0.15) is 0 Å². The smallest absolute Gasteiger partial charge is 0.00517 e. The van der Waals surface area contributed by atoms with Crippen molar-refractivity contribution >= 4 is 0 Å². The van der Waals surface area contributed by atoms with Gasteiger partial charge in [-0.15, -0.1) is 0 Å². The molecule has 0 saturated heterocycles. The van der Waals surface area contributed by atoms with Crippen molar-refractivity contribution in [2.75, 3.05) is 0 Å². The molecule has 0 N–H and O–H groups in total. The Morgan fingerprint density at radius 3 is 2.67 bits per heavy atom. The first-order valence-corrected chi connectivity index (χ1v) is 6.66. The van der Waals surface area contributed by atoms with Gasteiger partial charge in [0, 0.05) is 0 Å². The zero-order valence-corrected chi connectivity index (χ0v) is 10.7. The van der Waals surface area contributed by atoms with Gasteiger partial charge in [0.1, 0.15) is 0 Å². The van der Waals surface area contributed by atoms with E-state index in [1.54, 1.807) is 5.57 Å². The fourth-order valence-corrected chi connectivity index (χ4v) is 5.86. The van der Waals surface area contributed by atoms with E-state index >= 15 is 0 Å². The van der Waals surface area contributed by atoms with Gasteiger partial charge >= 0.3 is 0 Å². The van der Waals surface area contributed by atoms with E-state index in [9.17, 15) is 0 Å². The van der Waals surface area contributed by atoms with Crippen LogP contribution >= 0.6 is 0 Å². The monoisotopic (exact) mass is 204 g/mol. The van der Waals surface area contributed by atoms with Gasteiger partial charge < -0.3 is 0 Å². The summed E-state index contributed by atoms with van der Waals surface area (Å²) in [4.78, 5) is 0. The molecule has 1 spiro atoms. The summed E-state index contributed by atoms with van der Waals surface area (Å²) >= 11 is 0. The molecule has 0 heterocycles. The predicted octanol–water partition coefficient (Wildman–Crippen LogP) is 4.56. The standard InChI is InChI=1S/C15H24/c1-11-6-9-14(4)12(2)10-13(3)7-5-8-15(11,13)14/h10-11H,5-9H2,1-4H3/t11-,13+,14+,15-/m0/s1. The van der Waals surface area contributed by atoms with Crippen LogP contribution in [0, 0.1) is 22.2 Å². The Hall–Kier alpha value is -0.260. The van der Waals surface area contributed by atoms with Crippen molar-refractivity contribution in [2.45, 2.75) is 59.8 Å². The Bertz CT molecular complexity index is 340. The molecule has 0 aromatic carbocycles. The minimum atomic E-state index is 0.530. The van der Waals surface area contributed by atoms with E-state index in [-0.39, 0.29) is 0 Å². The summed E-state index contributed by atoms with van der Waals surface area (Å²) in [6.45, 7) is 10.0. The van der Waals surface area contributed by atoms with E-state index < -0.39 is 0 Å². The highest BCUT2D eigenvalue weighted by molar-refractivity contribution is 5.36. The Balaban J connectivity index is 2.22. The van der Waals surface area contributed by atoms with Crippen LogP contribution in [0.5, 0.6) is 0 Å². The number of hydrogen-bond acceptors (Lipinski definition) is 0. The van der Waals surface area contributed by atoms with Crippen molar-refractivity contribution in [3.63, 3.8) is 0 Å². The molecule has 3 aliphatic rings. The fraction of sp³-hybridized carbons (Fsp3) is 0.867. The van der Waals surface area contributed by atoms with Crippen LogP contribution in [-0.2, 0) is 0 Å². The van der Waals surface area contributed by atoms with Crippen LogP contribution in [0.4, 0.5) is 0 Å². The highest BCUT2D eigenvalue weighted by atomic mass is 14.7. The van der Waals surface area contributed by atoms with Gasteiger partial charge in [0.2, 0.25) is 0 Å². The summed E-state index contributed by atoms with van der Waals surface area (Å²) in [5, 5.41) is 0. The van der Waals surface area contributed by atoms with Crippen LogP contribution in [0.2, 0.25) is 0 Å². The molecule has 0 aliphatic heterocycles. The summed E-state index contributed by atoms with van der Waals surface area (Å²) in [5.41, 5.74) is 3.40. The van der Waals surface area contributed by atoms with E-state index in [1.807, 2.05) is 0 Å². The second-order valence-electron chi connectivity index (χ2n) is 6.84. The maximum Gasteiger partial charge on any atom is -0.00517 e. The maximum absolute atomic E-state index is 2.65. The van der Waals surface area contributed by atoms with Crippen molar-refractivity contribution in [1.29, 1.82) is 0 Å². The van der Waals surface area contributed by atoms with Gasteiger partial charge in [0.15, 0.2) is 0 Å². The first kappa shape index (κ1) is 9.93. The largest absolute Gasteiger partial charge is 0.0785 e. The van der Waals surface area contributed by atoms with E-state index in [0.29, 0.717) is 16.2 Å². The third-order valence-electron chi connectivity index (χ3n) is 6.60. The lowest BCUT2D eigenvalue weighted by molar-refractivity contribution is 0.0228. The quantitative estimate of drug-likeness (QED) is 0.507. The van der Waals surface area contributed by atoms with Crippen LogP contribution in [-0.4, -0.2) is 0 Å². The van der Waals surface area contributed by atoms with Crippen molar-refractivity contribution in [1.82, 2.24) is 0 Å². The van der Waals surface area contributed by atoms with Crippen molar-refractivity contribution in [2.24, 2.45) is 22.2 Å². The van der Waals surface area contributed by atoms with Gasteiger partial charge in [0.25, 0.3) is 0 Å². The average molecular weight is 204 g/mol. The highest BCUT2D eigenvalue weighted by Gasteiger charge is 2.68. The van der Waals surface area contributed by atoms with Crippen molar-refractivity contribution in [3.05, 3.63) is 11.6 Å². The zero-order chi connectivity index (χ0) is 10.9. The summed E-state index contributed by atoms with van der Waals surface area (Å²) in [7, 11) is 0. The minimum absolute atomic E-state index is 0.530. The molecule has 0 bridgehead atoms. The summed E-state index contributed by atoms with van der Waals surface area (Å²) in [5.74, 6) is 0.934. The second-order valence-corrected chi connectivity index (χ2v) is 6.84. The summed E-state index contributed by atoms with van der Waals surface area (Å²) in [6.07, 6.45) is 9.92. The van der Waals surface area contributed by atoms with Crippen LogP contribution in [0.15, 0.2) is 11.6 Å². The van der Waals surface area contributed by atoms with Crippen molar-refractivity contribution in [3.8, 4) is 0 Å². The molecular weight excluding hydrogens is 180 g/mol. The molecule has 84 valence electrons. The molecule has 3 aliphatic carbocycles. The molecule has 15 heavy (non-hydrogen) atoms. The van der Waals surface area contributed by atoms with E-state index in [2.05, 4.69) is 33.8 Å². The maximum atomic E-state index is 2.65. The molecule has 0 amide bonds. The van der Waals surface area contributed by atoms with Gasteiger partial charge in [-0.05, 0) is 54.8 Å².